The number of thioether (sulfide) groups is 1. The van der Waals surface area contributed by atoms with Crippen LogP contribution in [0.4, 0.5) is 0 Å². The molecule has 0 amide bonds. The number of hydrogen-bond donors (Lipinski definition) is 1. The Morgan fingerprint density at radius 1 is 1.35 bits per heavy atom. The smallest absolute Gasteiger partial charge is 0.169 e. The van der Waals surface area contributed by atoms with Crippen LogP contribution in [0.5, 0.6) is 0 Å². The van der Waals surface area contributed by atoms with Crippen molar-refractivity contribution in [1.29, 1.82) is 0 Å². The fraction of sp³-hybridized carbons (Fsp3) is 0.600. The third-order valence-corrected chi connectivity index (χ3v) is 4.61. The van der Waals surface area contributed by atoms with Crippen molar-refractivity contribution in [2.75, 3.05) is 25.5 Å². The molecule has 0 aromatic heterocycles. The number of nitrogens with one attached hydrogen (secondary N) is 1. The number of fused-ring (bicyclic) bond motifs is 1. The van der Waals surface area contributed by atoms with Crippen LogP contribution in [0.25, 0.3) is 0 Å². The van der Waals surface area contributed by atoms with E-state index in [2.05, 4.69) is 17.4 Å². The molecule has 1 aliphatic rings. The van der Waals surface area contributed by atoms with Crippen LogP contribution >= 0.6 is 23.4 Å². The lowest BCUT2D eigenvalue weighted by Gasteiger charge is -2.28. The number of rotatable bonds is 7. The van der Waals surface area contributed by atoms with Gasteiger partial charge >= 0.3 is 0 Å². The van der Waals surface area contributed by atoms with E-state index in [1.54, 1.807) is 0 Å². The highest BCUT2D eigenvalue weighted by Crippen LogP contribution is 2.37. The zero-order chi connectivity index (χ0) is 14.4. The number of ether oxygens (including phenoxy) is 2. The molecule has 1 aliphatic heterocycles. The molecular weight excluding hydrogens is 294 g/mol. The van der Waals surface area contributed by atoms with Gasteiger partial charge in [-0.2, -0.15) is 0 Å². The summed E-state index contributed by atoms with van der Waals surface area (Å²) in [6.45, 7) is 5.99. The minimum absolute atomic E-state index is 0.179. The van der Waals surface area contributed by atoms with Gasteiger partial charge in [0, 0.05) is 35.7 Å². The SMILES string of the molecule is CCOC(CNC1CCSc2ccc(Cl)cc21)OCC. The monoisotopic (exact) mass is 315 g/mol. The summed E-state index contributed by atoms with van der Waals surface area (Å²) in [4.78, 5) is 1.32. The molecule has 1 N–H and O–H groups in total. The molecule has 20 heavy (non-hydrogen) atoms. The van der Waals surface area contributed by atoms with Gasteiger partial charge in [0.1, 0.15) is 0 Å². The molecule has 112 valence electrons. The summed E-state index contributed by atoms with van der Waals surface area (Å²) in [5, 5.41) is 4.35. The molecule has 1 atom stereocenters. The predicted molar refractivity (Wildman–Crippen MR) is 84.6 cm³/mol. The van der Waals surface area contributed by atoms with E-state index in [4.69, 9.17) is 21.1 Å². The Balaban J connectivity index is 1.98. The molecule has 1 aromatic rings. The quantitative estimate of drug-likeness (QED) is 0.774. The first kappa shape index (κ1) is 16.1. The van der Waals surface area contributed by atoms with Crippen molar-refractivity contribution >= 4 is 23.4 Å². The van der Waals surface area contributed by atoms with Gasteiger partial charge in [0.05, 0.1) is 0 Å². The Bertz CT molecular complexity index is 424. The van der Waals surface area contributed by atoms with E-state index in [0.29, 0.717) is 25.8 Å². The molecule has 1 heterocycles. The van der Waals surface area contributed by atoms with Gasteiger partial charge in [-0.1, -0.05) is 11.6 Å². The minimum atomic E-state index is -0.179. The van der Waals surface area contributed by atoms with Crippen LogP contribution in [-0.4, -0.2) is 31.8 Å². The van der Waals surface area contributed by atoms with Crippen LogP contribution in [0.2, 0.25) is 5.02 Å². The molecule has 5 heteroatoms. The Labute approximate surface area is 130 Å². The molecule has 2 rings (SSSR count). The predicted octanol–water partition coefficient (Wildman–Crippen LogP) is 3.87. The molecule has 0 saturated carbocycles. The van der Waals surface area contributed by atoms with Crippen LogP contribution in [0, 0.1) is 0 Å². The fourth-order valence-electron chi connectivity index (χ4n) is 2.35. The normalized spacial score (nSPS) is 18.3. The highest BCUT2D eigenvalue weighted by Gasteiger charge is 2.21. The van der Waals surface area contributed by atoms with E-state index in [0.717, 1.165) is 17.2 Å². The molecule has 0 fully saturated rings. The van der Waals surface area contributed by atoms with E-state index in [9.17, 15) is 0 Å². The molecule has 0 radical (unpaired) electrons. The second-order valence-electron chi connectivity index (χ2n) is 4.62. The van der Waals surface area contributed by atoms with Crippen LogP contribution in [0.15, 0.2) is 23.1 Å². The maximum absolute atomic E-state index is 6.12. The Morgan fingerprint density at radius 3 is 2.80 bits per heavy atom. The van der Waals surface area contributed by atoms with Crippen molar-refractivity contribution in [2.45, 2.75) is 37.5 Å². The highest BCUT2D eigenvalue weighted by atomic mass is 35.5. The van der Waals surface area contributed by atoms with Crippen molar-refractivity contribution in [1.82, 2.24) is 5.32 Å². The average Bonchev–Trinajstić information content (AvgIpc) is 2.45. The van der Waals surface area contributed by atoms with Crippen molar-refractivity contribution in [3.05, 3.63) is 28.8 Å². The molecule has 0 bridgehead atoms. The van der Waals surface area contributed by atoms with Gasteiger partial charge in [0.15, 0.2) is 6.29 Å². The molecule has 0 spiro atoms. The summed E-state index contributed by atoms with van der Waals surface area (Å²) < 4.78 is 11.1. The van der Waals surface area contributed by atoms with Gasteiger partial charge in [0.25, 0.3) is 0 Å². The summed E-state index contributed by atoms with van der Waals surface area (Å²) in [5.74, 6) is 1.13. The van der Waals surface area contributed by atoms with Gasteiger partial charge in [-0.25, -0.2) is 0 Å². The molecular formula is C15H22ClNO2S. The lowest BCUT2D eigenvalue weighted by molar-refractivity contribution is -0.133. The van der Waals surface area contributed by atoms with E-state index >= 15 is 0 Å². The van der Waals surface area contributed by atoms with Gasteiger partial charge in [-0.3, -0.25) is 0 Å². The molecule has 0 saturated heterocycles. The maximum atomic E-state index is 6.12. The van der Waals surface area contributed by atoms with Gasteiger partial charge in [-0.15, -0.1) is 11.8 Å². The van der Waals surface area contributed by atoms with Crippen molar-refractivity contribution in [2.24, 2.45) is 0 Å². The van der Waals surface area contributed by atoms with Crippen LogP contribution in [0.3, 0.4) is 0 Å². The molecule has 1 unspecified atom stereocenters. The topological polar surface area (TPSA) is 30.5 Å². The zero-order valence-electron chi connectivity index (χ0n) is 12.0. The first-order chi connectivity index (χ1) is 9.74. The summed E-state index contributed by atoms with van der Waals surface area (Å²) in [6.07, 6.45) is 0.922. The van der Waals surface area contributed by atoms with Gasteiger partial charge in [-0.05, 0) is 49.8 Å². The van der Waals surface area contributed by atoms with Crippen LogP contribution < -0.4 is 5.32 Å². The molecule has 3 nitrogen and oxygen atoms in total. The molecule has 0 aliphatic carbocycles. The Morgan fingerprint density at radius 2 is 2.10 bits per heavy atom. The standard InChI is InChI=1S/C15H22ClNO2S/c1-3-18-15(19-4-2)10-17-13-7-8-20-14-6-5-11(16)9-12(13)14/h5-6,9,13,15,17H,3-4,7-8,10H2,1-2H3. The van der Waals surface area contributed by atoms with Gasteiger partial charge in [0.2, 0.25) is 0 Å². The third kappa shape index (κ3) is 4.37. The summed E-state index contributed by atoms with van der Waals surface area (Å²) in [7, 11) is 0. The van der Waals surface area contributed by atoms with Crippen molar-refractivity contribution in [3.63, 3.8) is 0 Å². The largest absolute Gasteiger partial charge is 0.352 e. The summed E-state index contributed by atoms with van der Waals surface area (Å²) in [6, 6.07) is 6.46. The summed E-state index contributed by atoms with van der Waals surface area (Å²) in [5.41, 5.74) is 1.29. The second kappa shape index (κ2) is 8.25. The second-order valence-corrected chi connectivity index (χ2v) is 6.19. The zero-order valence-corrected chi connectivity index (χ0v) is 13.6. The molecule has 1 aromatic carbocycles. The maximum Gasteiger partial charge on any atom is 0.169 e. The van der Waals surface area contributed by atoms with E-state index in [1.807, 2.05) is 31.7 Å². The third-order valence-electron chi connectivity index (χ3n) is 3.25. The lowest BCUT2D eigenvalue weighted by atomic mass is 10.0. The van der Waals surface area contributed by atoms with Gasteiger partial charge < -0.3 is 14.8 Å². The van der Waals surface area contributed by atoms with Crippen LogP contribution in [-0.2, 0) is 9.47 Å². The first-order valence-electron chi connectivity index (χ1n) is 7.13. The fourth-order valence-corrected chi connectivity index (χ4v) is 3.64. The van der Waals surface area contributed by atoms with Crippen molar-refractivity contribution < 1.29 is 9.47 Å². The average molecular weight is 316 g/mol. The first-order valence-corrected chi connectivity index (χ1v) is 8.49. The van der Waals surface area contributed by atoms with E-state index in [1.165, 1.54) is 10.5 Å². The van der Waals surface area contributed by atoms with Crippen LogP contribution in [0.1, 0.15) is 31.9 Å². The number of hydrogen-bond acceptors (Lipinski definition) is 4. The van der Waals surface area contributed by atoms with Crippen molar-refractivity contribution in [3.8, 4) is 0 Å². The lowest BCUT2D eigenvalue weighted by Crippen LogP contribution is -2.35. The number of benzene rings is 1. The number of halogens is 1. The van der Waals surface area contributed by atoms with E-state index < -0.39 is 0 Å². The summed E-state index contributed by atoms with van der Waals surface area (Å²) >= 11 is 8.01. The Kier molecular flexibility index (Phi) is 6.65. The highest BCUT2D eigenvalue weighted by molar-refractivity contribution is 7.99. The minimum Gasteiger partial charge on any atom is -0.352 e. The Hall–Kier alpha value is -0.260. The van der Waals surface area contributed by atoms with E-state index in [-0.39, 0.29) is 6.29 Å².